The first-order chi connectivity index (χ1) is 9.47. The topological polar surface area (TPSA) is 42.0 Å². The fraction of sp³-hybridized carbons (Fsp3) is 0.200. The maximum atomic E-state index is 12.1. The number of nitrogens with one attached hydrogen (secondary N) is 1. The first kappa shape index (κ1) is 15.0. The van der Waals surface area contributed by atoms with Gasteiger partial charge in [-0.25, -0.2) is 4.98 Å². The van der Waals surface area contributed by atoms with Crippen molar-refractivity contribution in [3.05, 3.63) is 57.3 Å². The molecule has 0 atom stereocenters. The number of benzene rings is 1. The molecule has 2 rings (SSSR count). The zero-order chi connectivity index (χ0) is 14.7. The molecule has 104 valence electrons. The first-order valence-electron chi connectivity index (χ1n) is 6.19. The largest absolute Gasteiger partial charge is 0.322 e. The van der Waals surface area contributed by atoms with Gasteiger partial charge in [-0.1, -0.05) is 37.6 Å². The Balaban J connectivity index is 2.17. The van der Waals surface area contributed by atoms with Crippen LogP contribution in [0.15, 0.2) is 41.0 Å². The van der Waals surface area contributed by atoms with E-state index in [-0.39, 0.29) is 11.1 Å². The maximum absolute atomic E-state index is 12.1. The molecule has 0 fully saturated rings. The van der Waals surface area contributed by atoms with Gasteiger partial charge in [0.1, 0.15) is 5.15 Å². The fourth-order valence-electron chi connectivity index (χ4n) is 1.73. The van der Waals surface area contributed by atoms with Crippen molar-refractivity contribution in [1.82, 2.24) is 4.98 Å². The summed E-state index contributed by atoms with van der Waals surface area (Å²) >= 11 is 9.21. The Morgan fingerprint density at radius 3 is 2.55 bits per heavy atom. The van der Waals surface area contributed by atoms with Gasteiger partial charge in [0, 0.05) is 16.4 Å². The highest BCUT2D eigenvalue weighted by atomic mass is 79.9. The van der Waals surface area contributed by atoms with Crippen molar-refractivity contribution in [3.8, 4) is 0 Å². The lowest BCUT2D eigenvalue weighted by Crippen LogP contribution is -2.13. The molecule has 20 heavy (non-hydrogen) atoms. The van der Waals surface area contributed by atoms with E-state index in [9.17, 15) is 4.79 Å². The van der Waals surface area contributed by atoms with Gasteiger partial charge in [0.05, 0.1) is 5.56 Å². The van der Waals surface area contributed by atoms with Gasteiger partial charge in [-0.05, 0) is 45.6 Å². The lowest BCUT2D eigenvalue weighted by atomic mass is 10.0. The quantitative estimate of drug-likeness (QED) is 0.800. The molecule has 0 spiro atoms. The number of anilines is 1. The van der Waals surface area contributed by atoms with Crippen LogP contribution in [0.25, 0.3) is 0 Å². The van der Waals surface area contributed by atoms with Crippen LogP contribution >= 0.6 is 27.5 Å². The Morgan fingerprint density at radius 2 is 1.95 bits per heavy atom. The molecule has 1 N–H and O–H groups in total. The molecule has 5 heteroatoms. The van der Waals surface area contributed by atoms with Gasteiger partial charge in [-0.15, -0.1) is 0 Å². The summed E-state index contributed by atoms with van der Waals surface area (Å²) in [4.78, 5) is 16.1. The smallest absolute Gasteiger partial charge is 0.258 e. The average molecular weight is 354 g/mol. The van der Waals surface area contributed by atoms with Crippen molar-refractivity contribution in [2.24, 2.45) is 0 Å². The first-order valence-corrected chi connectivity index (χ1v) is 7.37. The molecule has 0 aliphatic carbocycles. The predicted octanol–water partition coefficient (Wildman–Crippen LogP) is 4.87. The Morgan fingerprint density at radius 1 is 1.30 bits per heavy atom. The number of halogens is 2. The van der Waals surface area contributed by atoms with Gasteiger partial charge in [0.15, 0.2) is 0 Å². The summed E-state index contributed by atoms with van der Waals surface area (Å²) < 4.78 is 0.710. The normalized spacial score (nSPS) is 10.7. The standard InChI is InChI=1S/C15H14BrClN2O/c1-9(2)10-3-5-12(6-4-10)19-15(20)13-7-11(16)8-18-14(13)17/h3-9H,1-2H3,(H,19,20). The number of carbonyl (C=O) groups is 1. The third-order valence-corrected chi connectivity index (χ3v) is 3.62. The molecule has 0 radical (unpaired) electrons. The molecule has 0 aliphatic heterocycles. The van der Waals surface area contributed by atoms with Crippen molar-refractivity contribution >= 4 is 39.1 Å². The second-order valence-electron chi connectivity index (χ2n) is 4.72. The second-order valence-corrected chi connectivity index (χ2v) is 6.00. The number of carbonyl (C=O) groups excluding carboxylic acids is 1. The Kier molecular flexibility index (Phi) is 4.78. The molecule has 0 bridgehead atoms. The highest BCUT2D eigenvalue weighted by Gasteiger charge is 2.12. The van der Waals surface area contributed by atoms with Crippen molar-refractivity contribution in [2.45, 2.75) is 19.8 Å². The molecule has 1 aromatic carbocycles. The van der Waals surface area contributed by atoms with Crippen LogP contribution in [0.3, 0.4) is 0 Å². The van der Waals surface area contributed by atoms with E-state index < -0.39 is 0 Å². The summed E-state index contributed by atoms with van der Waals surface area (Å²) in [6.07, 6.45) is 1.55. The van der Waals surface area contributed by atoms with E-state index in [1.807, 2.05) is 24.3 Å². The average Bonchev–Trinajstić information content (AvgIpc) is 2.42. The monoisotopic (exact) mass is 352 g/mol. The van der Waals surface area contributed by atoms with Crippen molar-refractivity contribution in [3.63, 3.8) is 0 Å². The molecule has 2 aromatic rings. The van der Waals surface area contributed by atoms with Crippen molar-refractivity contribution in [2.75, 3.05) is 5.32 Å². The number of hydrogen-bond donors (Lipinski definition) is 1. The van der Waals surface area contributed by atoms with Crippen LogP contribution in [0.5, 0.6) is 0 Å². The Bertz CT molecular complexity index is 626. The Labute approximate surface area is 131 Å². The van der Waals surface area contributed by atoms with E-state index >= 15 is 0 Å². The highest BCUT2D eigenvalue weighted by molar-refractivity contribution is 9.10. The molecular formula is C15H14BrClN2O. The van der Waals surface area contributed by atoms with Gasteiger partial charge >= 0.3 is 0 Å². The number of amides is 1. The van der Waals surface area contributed by atoms with Crippen LogP contribution in [0.4, 0.5) is 5.69 Å². The summed E-state index contributed by atoms with van der Waals surface area (Å²) in [7, 11) is 0. The molecular weight excluding hydrogens is 340 g/mol. The Hall–Kier alpha value is -1.39. The van der Waals surface area contributed by atoms with Gasteiger partial charge in [-0.3, -0.25) is 4.79 Å². The minimum atomic E-state index is -0.277. The molecule has 0 saturated heterocycles. The lowest BCUT2D eigenvalue weighted by molar-refractivity contribution is 0.102. The van der Waals surface area contributed by atoms with E-state index in [1.54, 1.807) is 12.3 Å². The zero-order valence-electron chi connectivity index (χ0n) is 11.2. The van der Waals surface area contributed by atoms with Gasteiger partial charge in [0.25, 0.3) is 5.91 Å². The van der Waals surface area contributed by atoms with E-state index in [4.69, 9.17) is 11.6 Å². The van der Waals surface area contributed by atoms with Crippen molar-refractivity contribution < 1.29 is 4.79 Å². The second kappa shape index (κ2) is 6.37. The third kappa shape index (κ3) is 3.58. The summed E-state index contributed by atoms with van der Waals surface area (Å²) in [6, 6.07) is 9.41. The van der Waals surface area contributed by atoms with E-state index in [1.165, 1.54) is 5.56 Å². The minimum Gasteiger partial charge on any atom is -0.322 e. The van der Waals surface area contributed by atoms with Gasteiger partial charge < -0.3 is 5.32 Å². The fourth-order valence-corrected chi connectivity index (χ4v) is 2.25. The van der Waals surface area contributed by atoms with Crippen LogP contribution in [0.1, 0.15) is 35.7 Å². The minimum absolute atomic E-state index is 0.185. The van der Waals surface area contributed by atoms with Crippen molar-refractivity contribution in [1.29, 1.82) is 0 Å². The number of nitrogens with zero attached hydrogens (tertiary/aromatic N) is 1. The highest BCUT2D eigenvalue weighted by Crippen LogP contribution is 2.21. The molecule has 0 aliphatic rings. The van der Waals surface area contributed by atoms with Crippen LogP contribution in [0, 0.1) is 0 Å². The molecule has 0 unspecified atom stereocenters. The van der Waals surface area contributed by atoms with Crippen LogP contribution in [0.2, 0.25) is 5.15 Å². The summed E-state index contributed by atoms with van der Waals surface area (Å²) in [5.74, 6) is 0.185. The van der Waals surface area contributed by atoms with Gasteiger partial charge in [-0.2, -0.15) is 0 Å². The lowest BCUT2D eigenvalue weighted by Gasteiger charge is -2.09. The summed E-state index contributed by atoms with van der Waals surface area (Å²) in [5.41, 5.74) is 2.30. The van der Waals surface area contributed by atoms with E-state index in [0.717, 1.165) is 5.69 Å². The number of pyridine rings is 1. The maximum Gasteiger partial charge on any atom is 0.258 e. The molecule has 1 amide bonds. The predicted molar refractivity (Wildman–Crippen MR) is 85.4 cm³/mol. The molecule has 1 aromatic heterocycles. The van der Waals surface area contributed by atoms with E-state index in [2.05, 4.69) is 40.1 Å². The van der Waals surface area contributed by atoms with Gasteiger partial charge in [0.2, 0.25) is 0 Å². The molecule has 1 heterocycles. The number of rotatable bonds is 3. The van der Waals surface area contributed by atoms with E-state index in [0.29, 0.717) is 16.0 Å². The molecule has 3 nitrogen and oxygen atoms in total. The summed E-state index contributed by atoms with van der Waals surface area (Å²) in [6.45, 7) is 4.25. The van der Waals surface area contributed by atoms with Crippen LogP contribution in [-0.4, -0.2) is 10.9 Å². The SMILES string of the molecule is CC(C)c1ccc(NC(=O)c2cc(Br)cnc2Cl)cc1. The molecule has 0 saturated carbocycles. The number of hydrogen-bond acceptors (Lipinski definition) is 2. The zero-order valence-corrected chi connectivity index (χ0v) is 13.5. The van der Waals surface area contributed by atoms with Crippen LogP contribution in [-0.2, 0) is 0 Å². The number of aromatic nitrogens is 1. The third-order valence-electron chi connectivity index (χ3n) is 2.89. The van der Waals surface area contributed by atoms with Crippen LogP contribution < -0.4 is 5.32 Å². The summed E-state index contributed by atoms with van der Waals surface area (Å²) in [5, 5.41) is 2.99.